The average Bonchev–Trinajstić information content (AvgIpc) is 3.42. The molecular weight excluding hydrogens is 459 g/mol. The number of pyridine rings is 1. The number of amides is 1. The molecule has 1 saturated heterocycles. The highest BCUT2D eigenvalue weighted by molar-refractivity contribution is 7.21. The summed E-state index contributed by atoms with van der Waals surface area (Å²) in [7, 11) is 0. The van der Waals surface area contributed by atoms with E-state index >= 15 is 0 Å². The number of rotatable bonds is 4. The van der Waals surface area contributed by atoms with Crippen LogP contribution in [-0.2, 0) is 4.74 Å². The molecule has 1 amide bonds. The minimum Gasteiger partial charge on any atom is -0.457 e. The fraction of sp³-hybridized carbons (Fsp3) is 0.304. The van der Waals surface area contributed by atoms with E-state index in [9.17, 15) is 9.18 Å². The summed E-state index contributed by atoms with van der Waals surface area (Å²) < 4.78 is 26.0. The Labute approximate surface area is 197 Å². The summed E-state index contributed by atoms with van der Waals surface area (Å²) in [5.41, 5.74) is 1.58. The van der Waals surface area contributed by atoms with E-state index in [1.165, 1.54) is 17.4 Å². The molecule has 0 unspecified atom stereocenters. The highest BCUT2D eigenvalue weighted by Crippen LogP contribution is 2.41. The van der Waals surface area contributed by atoms with Crippen LogP contribution < -0.4 is 20.7 Å². The molecule has 3 N–H and O–H groups in total. The van der Waals surface area contributed by atoms with Gasteiger partial charge in [0.2, 0.25) is 5.95 Å². The van der Waals surface area contributed by atoms with E-state index in [0.29, 0.717) is 36.9 Å². The van der Waals surface area contributed by atoms with E-state index in [0.717, 1.165) is 26.7 Å². The number of halogens is 1. The first-order chi connectivity index (χ1) is 16.5. The Bertz CT molecular complexity index is 1420. The quantitative estimate of drug-likeness (QED) is 0.378. The molecule has 2 aliphatic heterocycles. The van der Waals surface area contributed by atoms with Crippen molar-refractivity contribution in [2.45, 2.75) is 25.5 Å². The van der Waals surface area contributed by atoms with Crippen LogP contribution in [0.2, 0.25) is 0 Å². The van der Waals surface area contributed by atoms with Crippen LogP contribution in [0.5, 0.6) is 6.01 Å². The van der Waals surface area contributed by atoms with E-state index in [1.807, 2.05) is 25.1 Å². The van der Waals surface area contributed by atoms with Crippen LogP contribution >= 0.6 is 11.3 Å². The first kappa shape index (κ1) is 21.0. The molecule has 174 valence electrons. The molecule has 5 heterocycles. The van der Waals surface area contributed by atoms with Gasteiger partial charge in [0.1, 0.15) is 22.6 Å². The topological polar surface area (TPSA) is 110 Å². The summed E-state index contributed by atoms with van der Waals surface area (Å²) >= 11 is 1.46. The molecule has 3 aromatic heterocycles. The number of nitrogens with zero attached hydrogens (tertiary/aromatic N) is 3. The molecule has 9 nitrogen and oxygen atoms in total. The van der Waals surface area contributed by atoms with Crippen molar-refractivity contribution < 1.29 is 18.7 Å². The summed E-state index contributed by atoms with van der Waals surface area (Å²) in [5, 5.41) is 11.4. The highest BCUT2D eigenvalue weighted by atomic mass is 32.1. The number of carbonyl (C=O) groups excluding carboxylic acids is 1. The average molecular weight is 481 g/mol. The monoisotopic (exact) mass is 480 g/mol. The van der Waals surface area contributed by atoms with Crippen molar-refractivity contribution in [2.24, 2.45) is 0 Å². The highest BCUT2D eigenvalue weighted by Gasteiger charge is 2.25. The predicted octanol–water partition coefficient (Wildman–Crippen LogP) is 3.83. The van der Waals surface area contributed by atoms with E-state index < -0.39 is 5.95 Å². The molecule has 2 atom stereocenters. The van der Waals surface area contributed by atoms with Gasteiger partial charge in [-0.2, -0.15) is 14.4 Å². The van der Waals surface area contributed by atoms with Crippen LogP contribution in [0.25, 0.3) is 21.0 Å². The van der Waals surface area contributed by atoms with Crippen molar-refractivity contribution in [1.29, 1.82) is 0 Å². The van der Waals surface area contributed by atoms with Gasteiger partial charge in [0, 0.05) is 40.5 Å². The van der Waals surface area contributed by atoms with Crippen LogP contribution in [0.1, 0.15) is 23.0 Å². The summed E-state index contributed by atoms with van der Waals surface area (Å²) in [5.74, 6) is -0.0265. The number of nitrogens with one attached hydrogen (secondary N) is 3. The first-order valence-corrected chi connectivity index (χ1v) is 11.8. The molecule has 6 rings (SSSR count). The number of thiophene rings is 1. The molecule has 1 fully saturated rings. The minimum atomic E-state index is -0.701. The lowest BCUT2D eigenvalue weighted by Crippen LogP contribution is -2.34. The van der Waals surface area contributed by atoms with E-state index in [1.54, 1.807) is 6.07 Å². The molecule has 2 aliphatic rings. The Morgan fingerprint density at radius 1 is 1.21 bits per heavy atom. The number of benzene rings is 1. The first-order valence-electron chi connectivity index (χ1n) is 11.0. The normalized spacial score (nSPS) is 20.0. The lowest BCUT2D eigenvalue weighted by molar-refractivity contribution is 0.0949. The van der Waals surface area contributed by atoms with E-state index in [-0.39, 0.29) is 29.9 Å². The summed E-state index contributed by atoms with van der Waals surface area (Å²) in [6, 6.07) is 8.81. The molecular formula is C23H21FN6O3S. The third kappa shape index (κ3) is 3.86. The molecule has 0 spiro atoms. The van der Waals surface area contributed by atoms with Crippen LogP contribution in [0.4, 0.5) is 21.7 Å². The van der Waals surface area contributed by atoms with Crippen molar-refractivity contribution >= 4 is 55.6 Å². The van der Waals surface area contributed by atoms with Crippen LogP contribution in [-0.4, -0.2) is 52.8 Å². The van der Waals surface area contributed by atoms with Crippen LogP contribution in [0.15, 0.2) is 30.3 Å². The number of carbonyl (C=O) groups is 1. The summed E-state index contributed by atoms with van der Waals surface area (Å²) in [4.78, 5) is 26.0. The SMILES string of the molecule is C[C@H]1CNc2c(sc3ccc4nc(Nc5cc(F)nc(O[C@H]6CCOC6)n5)ccc4c23)C(=O)N1. The Balaban J connectivity index is 1.33. The summed E-state index contributed by atoms with van der Waals surface area (Å²) in [6.07, 6.45) is 0.528. The predicted molar refractivity (Wildman–Crippen MR) is 128 cm³/mol. The van der Waals surface area contributed by atoms with Crippen molar-refractivity contribution in [1.82, 2.24) is 20.3 Å². The van der Waals surface area contributed by atoms with Gasteiger partial charge in [0.25, 0.3) is 5.91 Å². The van der Waals surface area contributed by atoms with Crippen molar-refractivity contribution in [3.05, 3.63) is 41.2 Å². The molecule has 0 aliphatic carbocycles. The lowest BCUT2D eigenvalue weighted by atomic mass is 10.1. The Kier molecular flexibility index (Phi) is 5.15. The van der Waals surface area contributed by atoms with Crippen molar-refractivity contribution in [3.63, 3.8) is 0 Å². The molecule has 0 saturated carbocycles. The fourth-order valence-electron chi connectivity index (χ4n) is 4.19. The third-order valence-electron chi connectivity index (χ3n) is 5.78. The second-order valence-electron chi connectivity index (χ2n) is 8.35. The van der Waals surface area contributed by atoms with Gasteiger partial charge in [-0.1, -0.05) is 0 Å². The zero-order chi connectivity index (χ0) is 23.2. The molecule has 34 heavy (non-hydrogen) atoms. The summed E-state index contributed by atoms with van der Waals surface area (Å²) in [6.45, 7) is 3.65. The number of anilines is 3. The zero-order valence-electron chi connectivity index (χ0n) is 18.2. The molecule has 1 aromatic carbocycles. The molecule has 0 bridgehead atoms. The number of hydrogen-bond acceptors (Lipinski definition) is 9. The fourth-order valence-corrected chi connectivity index (χ4v) is 5.29. The maximum absolute atomic E-state index is 14.1. The van der Waals surface area contributed by atoms with Crippen molar-refractivity contribution in [2.75, 3.05) is 30.4 Å². The van der Waals surface area contributed by atoms with Gasteiger partial charge < -0.3 is 25.4 Å². The number of ether oxygens (including phenoxy) is 2. The standard InChI is InChI=1S/C23H21FN6O3S/c1-11-9-25-20-19-13-2-5-17(27-14(13)3-4-15(19)34-21(20)22(31)26-11)29-18-8-16(24)28-23(30-18)33-12-6-7-32-10-12/h2-5,8,11-12,25H,6-7,9-10H2,1H3,(H,26,31)(H,27,28,29,30)/t11-,12-/m0/s1. The van der Waals surface area contributed by atoms with Crippen molar-refractivity contribution in [3.8, 4) is 6.01 Å². The van der Waals surface area contributed by atoms with Gasteiger partial charge in [-0.3, -0.25) is 4.79 Å². The number of aromatic nitrogens is 3. The van der Waals surface area contributed by atoms with Gasteiger partial charge in [0.15, 0.2) is 0 Å². The lowest BCUT2D eigenvalue weighted by Gasteiger charge is -2.12. The molecule has 11 heteroatoms. The number of hydrogen-bond donors (Lipinski definition) is 3. The minimum absolute atomic E-state index is 0.0365. The second kappa shape index (κ2) is 8.33. The third-order valence-corrected chi connectivity index (χ3v) is 6.94. The smallest absolute Gasteiger partial charge is 0.321 e. The molecule has 4 aromatic rings. The van der Waals surface area contributed by atoms with Crippen LogP contribution in [0, 0.1) is 5.95 Å². The van der Waals surface area contributed by atoms with Gasteiger partial charge in [-0.15, -0.1) is 11.3 Å². The van der Waals surface area contributed by atoms with Crippen LogP contribution in [0.3, 0.4) is 0 Å². The zero-order valence-corrected chi connectivity index (χ0v) is 19.0. The largest absolute Gasteiger partial charge is 0.457 e. The Morgan fingerprint density at radius 2 is 2.12 bits per heavy atom. The van der Waals surface area contributed by atoms with Gasteiger partial charge in [-0.05, 0) is 31.2 Å². The molecule has 0 radical (unpaired) electrons. The Morgan fingerprint density at radius 3 is 2.97 bits per heavy atom. The maximum atomic E-state index is 14.1. The van der Waals surface area contributed by atoms with E-state index in [4.69, 9.17) is 14.5 Å². The maximum Gasteiger partial charge on any atom is 0.321 e. The van der Waals surface area contributed by atoms with E-state index in [2.05, 4.69) is 25.9 Å². The van der Waals surface area contributed by atoms with Gasteiger partial charge in [0.05, 0.1) is 24.4 Å². The van der Waals surface area contributed by atoms with Gasteiger partial charge in [-0.25, -0.2) is 4.98 Å². The second-order valence-corrected chi connectivity index (χ2v) is 9.40. The Hall–Kier alpha value is -3.57. The van der Waals surface area contributed by atoms with Gasteiger partial charge >= 0.3 is 6.01 Å². The number of fused-ring (bicyclic) bond motifs is 5.